The number of nitrogens with zero attached hydrogens (tertiary/aromatic N) is 2. The summed E-state index contributed by atoms with van der Waals surface area (Å²) in [5, 5.41) is 0. The molecular weight excluding hydrogens is 272 g/mol. The van der Waals surface area contributed by atoms with Crippen LogP contribution in [0.25, 0.3) is 0 Å². The summed E-state index contributed by atoms with van der Waals surface area (Å²) in [5.74, 6) is 1.58. The highest BCUT2D eigenvalue weighted by Gasteiger charge is 2.07. The lowest BCUT2D eigenvalue weighted by atomic mass is 10.4. The second-order valence-electron chi connectivity index (χ2n) is 3.59. The molecule has 0 bridgehead atoms. The fourth-order valence-electron chi connectivity index (χ4n) is 1.40. The van der Waals surface area contributed by atoms with E-state index in [4.69, 9.17) is 4.42 Å². The summed E-state index contributed by atoms with van der Waals surface area (Å²) in [7, 11) is 0. The van der Waals surface area contributed by atoms with Gasteiger partial charge in [0.05, 0.1) is 18.6 Å². The maximum atomic E-state index is 11.8. The van der Waals surface area contributed by atoms with Crippen LogP contribution in [0.5, 0.6) is 0 Å². The van der Waals surface area contributed by atoms with Gasteiger partial charge in [0.25, 0.3) is 5.56 Å². The van der Waals surface area contributed by atoms with Gasteiger partial charge in [0.15, 0.2) is 0 Å². The topological polar surface area (TPSA) is 48.0 Å². The minimum Gasteiger partial charge on any atom is -0.464 e. The number of halogens is 1. The van der Waals surface area contributed by atoms with Gasteiger partial charge < -0.3 is 4.42 Å². The Morgan fingerprint density at radius 1 is 1.44 bits per heavy atom. The molecule has 0 unspecified atom stereocenters. The normalized spacial score (nSPS) is 10.7. The van der Waals surface area contributed by atoms with Crippen LogP contribution >= 0.6 is 15.9 Å². The summed E-state index contributed by atoms with van der Waals surface area (Å²) in [6.45, 7) is 4.06. The third-order valence-electron chi connectivity index (χ3n) is 2.28. The summed E-state index contributed by atoms with van der Waals surface area (Å²) < 4.78 is 7.42. The summed E-state index contributed by atoms with van der Waals surface area (Å²) in [4.78, 5) is 16.0. The zero-order valence-corrected chi connectivity index (χ0v) is 10.6. The highest BCUT2D eigenvalue weighted by Crippen LogP contribution is 2.09. The number of rotatable bonds is 2. The molecule has 0 aliphatic rings. The lowest BCUT2D eigenvalue weighted by Crippen LogP contribution is -2.22. The number of aromatic nitrogens is 2. The van der Waals surface area contributed by atoms with Gasteiger partial charge in [-0.3, -0.25) is 9.36 Å². The Kier molecular flexibility index (Phi) is 2.96. The first kappa shape index (κ1) is 11.1. The molecule has 0 spiro atoms. The van der Waals surface area contributed by atoms with Crippen molar-refractivity contribution in [2.45, 2.75) is 20.4 Å². The molecule has 0 atom stereocenters. The van der Waals surface area contributed by atoms with Crippen molar-refractivity contribution < 1.29 is 4.42 Å². The van der Waals surface area contributed by atoms with Crippen molar-refractivity contribution in [1.29, 1.82) is 0 Å². The molecule has 0 amide bonds. The highest BCUT2D eigenvalue weighted by atomic mass is 79.9. The minimum absolute atomic E-state index is 0.0958. The van der Waals surface area contributed by atoms with Gasteiger partial charge in [-0.25, -0.2) is 4.98 Å². The van der Waals surface area contributed by atoms with E-state index in [0.29, 0.717) is 16.7 Å². The standard InChI is InChI=1S/C11H11BrN2O2/c1-7-3-4-9(16-7)5-14-6-13-8(2)10(12)11(14)15/h3-4,6H,5H2,1-2H3. The fourth-order valence-corrected chi connectivity index (χ4v) is 1.73. The predicted octanol–water partition coefficient (Wildman–Crippen LogP) is 2.26. The van der Waals surface area contributed by atoms with Gasteiger partial charge in [-0.15, -0.1) is 0 Å². The molecule has 2 aromatic rings. The molecule has 0 aliphatic carbocycles. The van der Waals surface area contributed by atoms with Crippen LogP contribution in [0.4, 0.5) is 0 Å². The maximum absolute atomic E-state index is 11.8. The first-order valence-corrected chi connectivity index (χ1v) is 5.64. The zero-order chi connectivity index (χ0) is 11.7. The molecule has 2 aromatic heterocycles. The number of hydrogen-bond donors (Lipinski definition) is 0. The zero-order valence-electron chi connectivity index (χ0n) is 9.03. The van der Waals surface area contributed by atoms with Crippen molar-refractivity contribution in [2.75, 3.05) is 0 Å². The van der Waals surface area contributed by atoms with E-state index in [1.54, 1.807) is 6.92 Å². The van der Waals surface area contributed by atoms with Gasteiger partial charge in [0.2, 0.25) is 0 Å². The average Bonchev–Trinajstić information content (AvgIpc) is 2.65. The van der Waals surface area contributed by atoms with Crippen LogP contribution < -0.4 is 5.56 Å². The summed E-state index contributed by atoms with van der Waals surface area (Å²) >= 11 is 3.22. The SMILES string of the molecule is Cc1ccc(Cn2cnc(C)c(Br)c2=O)o1. The van der Waals surface area contributed by atoms with Gasteiger partial charge in [0.1, 0.15) is 16.0 Å². The van der Waals surface area contributed by atoms with Crippen LogP contribution in [-0.2, 0) is 6.54 Å². The molecule has 0 radical (unpaired) electrons. The van der Waals surface area contributed by atoms with Crippen LogP contribution in [0.2, 0.25) is 0 Å². The van der Waals surface area contributed by atoms with Crippen molar-refractivity contribution >= 4 is 15.9 Å². The van der Waals surface area contributed by atoms with Gasteiger partial charge in [-0.1, -0.05) is 0 Å². The van der Waals surface area contributed by atoms with Crippen LogP contribution in [0.1, 0.15) is 17.2 Å². The van der Waals surface area contributed by atoms with Crippen molar-refractivity contribution in [2.24, 2.45) is 0 Å². The molecule has 2 heterocycles. The first-order chi connectivity index (χ1) is 7.58. The van der Waals surface area contributed by atoms with E-state index in [1.807, 2.05) is 19.1 Å². The lowest BCUT2D eigenvalue weighted by molar-refractivity contribution is 0.465. The summed E-state index contributed by atoms with van der Waals surface area (Å²) in [5.41, 5.74) is 0.596. The van der Waals surface area contributed by atoms with Gasteiger partial charge in [-0.05, 0) is 41.9 Å². The van der Waals surface area contributed by atoms with Crippen molar-refractivity contribution in [3.05, 3.63) is 50.5 Å². The molecule has 0 saturated heterocycles. The van der Waals surface area contributed by atoms with Crippen LogP contribution in [-0.4, -0.2) is 9.55 Å². The van der Waals surface area contributed by atoms with E-state index in [0.717, 1.165) is 11.5 Å². The van der Waals surface area contributed by atoms with Crippen molar-refractivity contribution in [1.82, 2.24) is 9.55 Å². The maximum Gasteiger partial charge on any atom is 0.268 e. The second-order valence-corrected chi connectivity index (χ2v) is 4.38. The van der Waals surface area contributed by atoms with E-state index >= 15 is 0 Å². The van der Waals surface area contributed by atoms with Gasteiger partial charge >= 0.3 is 0 Å². The van der Waals surface area contributed by atoms with E-state index in [2.05, 4.69) is 20.9 Å². The molecule has 4 nitrogen and oxygen atoms in total. The van der Waals surface area contributed by atoms with Crippen LogP contribution in [0.15, 0.2) is 32.1 Å². The Morgan fingerprint density at radius 2 is 2.19 bits per heavy atom. The fraction of sp³-hybridized carbons (Fsp3) is 0.273. The van der Waals surface area contributed by atoms with Crippen LogP contribution in [0.3, 0.4) is 0 Å². The molecule has 84 valence electrons. The molecule has 5 heteroatoms. The predicted molar refractivity (Wildman–Crippen MR) is 63.5 cm³/mol. The Balaban J connectivity index is 2.36. The summed E-state index contributed by atoms with van der Waals surface area (Å²) in [6, 6.07) is 3.73. The molecule has 2 rings (SSSR count). The van der Waals surface area contributed by atoms with E-state index in [9.17, 15) is 4.79 Å². The third-order valence-corrected chi connectivity index (χ3v) is 3.19. The van der Waals surface area contributed by atoms with Crippen molar-refractivity contribution in [3.63, 3.8) is 0 Å². The second kappa shape index (κ2) is 4.25. The average molecular weight is 283 g/mol. The number of hydrogen-bond acceptors (Lipinski definition) is 3. The van der Waals surface area contributed by atoms with E-state index in [-0.39, 0.29) is 5.56 Å². The molecule has 0 aromatic carbocycles. The molecule has 0 aliphatic heterocycles. The van der Waals surface area contributed by atoms with Gasteiger partial charge in [0, 0.05) is 0 Å². The largest absolute Gasteiger partial charge is 0.464 e. The quantitative estimate of drug-likeness (QED) is 0.849. The minimum atomic E-state index is -0.0958. The Labute approximate surface area is 101 Å². The molecule has 0 fully saturated rings. The summed E-state index contributed by atoms with van der Waals surface area (Å²) in [6.07, 6.45) is 1.53. The molecule has 0 N–H and O–H groups in total. The van der Waals surface area contributed by atoms with E-state index < -0.39 is 0 Å². The number of furan rings is 1. The highest BCUT2D eigenvalue weighted by molar-refractivity contribution is 9.10. The van der Waals surface area contributed by atoms with Crippen molar-refractivity contribution in [3.8, 4) is 0 Å². The monoisotopic (exact) mass is 282 g/mol. The molecule has 0 saturated carbocycles. The van der Waals surface area contributed by atoms with E-state index in [1.165, 1.54) is 10.9 Å². The van der Waals surface area contributed by atoms with Gasteiger partial charge in [-0.2, -0.15) is 0 Å². The third kappa shape index (κ3) is 2.09. The first-order valence-electron chi connectivity index (χ1n) is 4.85. The number of aryl methyl sites for hydroxylation is 2. The lowest BCUT2D eigenvalue weighted by Gasteiger charge is -2.04. The Bertz CT molecular complexity index is 572. The molecular formula is C11H11BrN2O2. The smallest absolute Gasteiger partial charge is 0.268 e. The Hall–Kier alpha value is -1.36. The molecule has 16 heavy (non-hydrogen) atoms. The Morgan fingerprint density at radius 3 is 2.81 bits per heavy atom. The van der Waals surface area contributed by atoms with Crippen LogP contribution in [0, 0.1) is 13.8 Å².